The van der Waals surface area contributed by atoms with Gasteiger partial charge in [0.05, 0.1) is 5.56 Å². The smallest absolute Gasteiger partial charge is 0.263 e. The molecule has 1 fully saturated rings. The molecular weight excluding hydrogens is 416 g/mol. The second-order valence-corrected chi connectivity index (χ2v) is 9.23. The van der Waals surface area contributed by atoms with Gasteiger partial charge in [0, 0.05) is 29.9 Å². The van der Waals surface area contributed by atoms with E-state index in [9.17, 15) is 9.59 Å². The van der Waals surface area contributed by atoms with Crippen LogP contribution in [0.4, 0.5) is 11.8 Å². The fourth-order valence-electron chi connectivity index (χ4n) is 5.43. The van der Waals surface area contributed by atoms with Crippen molar-refractivity contribution in [3.63, 3.8) is 0 Å². The van der Waals surface area contributed by atoms with Crippen LogP contribution in [0.5, 0.6) is 0 Å². The van der Waals surface area contributed by atoms with Crippen molar-refractivity contribution in [1.29, 1.82) is 0 Å². The van der Waals surface area contributed by atoms with Crippen molar-refractivity contribution in [2.24, 2.45) is 0 Å². The number of aryl methyl sites for hydroxylation is 1. The van der Waals surface area contributed by atoms with Crippen molar-refractivity contribution in [3.8, 4) is 0 Å². The van der Waals surface area contributed by atoms with Gasteiger partial charge in [-0.25, -0.2) is 9.97 Å². The SMILES string of the molecule is CCNC1Cc2cnc(Nc3ncc4c(C)c(C(C)=O)c(=O)n(C5CCCC5)c4n3)cc2C1. The number of carbonyl (C=O) groups excluding carboxylic acids is 1. The van der Waals surface area contributed by atoms with Crippen molar-refractivity contribution < 1.29 is 4.79 Å². The minimum atomic E-state index is -0.242. The molecule has 33 heavy (non-hydrogen) atoms. The van der Waals surface area contributed by atoms with Gasteiger partial charge < -0.3 is 10.6 Å². The van der Waals surface area contributed by atoms with Crippen LogP contribution < -0.4 is 16.2 Å². The summed E-state index contributed by atoms with van der Waals surface area (Å²) in [4.78, 5) is 39.5. The maximum absolute atomic E-state index is 13.4. The molecule has 2 aliphatic carbocycles. The highest BCUT2D eigenvalue weighted by Gasteiger charge is 2.26. The second kappa shape index (κ2) is 8.67. The van der Waals surface area contributed by atoms with Crippen LogP contribution in [0.1, 0.15) is 72.6 Å². The number of hydrogen-bond acceptors (Lipinski definition) is 7. The molecule has 8 nitrogen and oxygen atoms in total. The number of nitrogens with one attached hydrogen (secondary N) is 2. The zero-order valence-electron chi connectivity index (χ0n) is 19.4. The van der Waals surface area contributed by atoms with Crippen LogP contribution in [0, 0.1) is 6.92 Å². The Morgan fingerprint density at radius 1 is 1.15 bits per heavy atom. The number of ketones is 1. The van der Waals surface area contributed by atoms with E-state index in [1.165, 1.54) is 18.1 Å². The van der Waals surface area contributed by atoms with Crippen molar-refractivity contribution in [2.45, 2.75) is 71.4 Å². The first-order valence-corrected chi connectivity index (χ1v) is 11.9. The monoisotopic (exact) mass is 446 g/mol. The summed E-state index contributed by atoms with van der Waals surface area (Å²) >= 11 is 0. The molecule has 3 aromatic rings. The van der Waals surface area contributed by atoms with Crippen LogP contribution >= 0.6 is 0 Å². The Hall–Kier alpha value is -3.13. The van der Waals surface area contributed by atoms with E-state index in [0.29, 0.717) is 29.0 Å². The van der Waals surface area contributed by atoms with Gasteiger partial charge in [0.15, 0.2) is 5.78 Å². The number of fused-ring (bicyclic) bond motifs is 2. The highest BCUT2D eigenvalue weighted by Crippen LogP contribution is 2.32. The topological polar surface area (TPSA) is 102 Å². The molecule has 3 heterocycles. The fourth-order valence-corrected chi connectivity index (χ4v) is 5.43. The minimum Gasteiger partial charge on any atom is -0.314 e. The van der Waals surface area contributed by atoms with E-state index >= 15 is 0 Å². The quantitative estimate of drug-likeness (QED) is 0.558. The van der Waals surface area contributed by atoms with Gasteiger partial charge in [-0.15, -0.1) is 0 Å². The maximum atomic E-state index is 13.4. The molecule has 1 saturated carbocycles. The van der Waals surface area contributed by atoms with Gasteiger partial charge in [-0.05, 0) is 68.8 Å². The third-order valence-corrected chi connectivity index (χ3v) is 7.00. The first-order valence-electron chi connectivity index (χ1n) is 11.9. The van der Waals surface area contributed by atoms with Crippen LogP contribution in [0.2, 0.25) is 0 Å². The van der Waals surface area contributed by atoms with E-state index in [1.807, 2.05) is 6.20 Å². The highest BCUT2D eigenvalue weighted by atomic mass is 16.1. The molecule has 0 radical (unpaired) electrons. The molecule has 1 unspecified atom stereocenters. The summed E-state index contributed by atoms with van der Waals surface area (Å²) < 4.78 is 1.73. The molecule has 5 rings (SSSR count). The summed E-state index contributed by atoms with van der Waals surface area (Å²) in [5.41, 5.74) is 3.79. The zero-order valence-corrected chi connectivity index (χ0v) is 19.4. The van der Waals surface area contributed by atoms with Crippen LogP contribution in [-0.4, -0.2) is 37.9 Å². The number of likely N-dealkylation sites (N-methyl/N-ethyl adjacent to an activating group) is 1. The lowest BCUT2D eigenvalue weighted by molar-refractivity contribution is 0.101. The predicted octanol–water partition coefficient (Wildman–Crippen LogP) is 3.63. The van der Waals surface area contributed by atoms with Gasteiger partial charge in [-0.3, -0.25) is 14.2 Å². The number of hydrogen-bond donors (Lipinski definition) is 2. The summed E-state index contributed by atoms with van der Waals surface area (Å²) in [5, 5.41) is 7.48. The first kappa shape index (κ1) is 21.7. The van der Waals surface area contributed by atoms with Gasteiger partial charge in [0.1, 0.15) is 11.5 Å². The third kappa shape index (κ3) is 3.93. The second-order valence-electron chi connectivity index (χ2n) is 9.23. The average molecular weight is 447 g/mol. The molecule has 2 aliphatic rings. The zero-order chi connectivity index (χ0) is 23.1. The van der Waals surface area contributed by atoms with Gasteiger partial charge in [0.25, 0.3) is 5.56 Å². The van der Waals surface area contributed by atoms with Crippen molar-refractivity contribution in [1.82, 2.24) is 24.8 Å². The highest BCUT2D eigenvalue weighted by molar-refractivity contribution is 5.99. The Morgan fingerprint density at radius 3 is 2.64 bits per heavy atom. The lowest BCUT2D eigenvalue weighted by atomic mass is 10.0. The molecule has 0 bridgehead atoms. The van der Waals surface area contributed by atoms with Gasteiger partial charge in [0.2, 0.25) is 5.95 Å². The van der Waals surface area contributed by atoms with E-state index in [2.05, 4.69) is 33.6 Å². The lowest BCUT2D eigenvalue weighted by Gasteiger charge is -2.19. The molecule has 0 aromatic carbocycles. The number of pyridine rings is 2. The Bertz CT molecular complexity index is 1290. The Kier molecular flexibility index (Phi) is 5.70. The fraction of sp³-hybridized carbons (Fsp3) is 0.480. The average Bonchev–Trinajstić information content (AvgIpc) is 3.43. The summed E-state index contributed by atoms with van der Waals surface area (Å²) in [6.07, 6.45) is 9.60. The largest absolute Gasteiger partial charge is 0.314 e. The van der Waals surface area contributed by atoms with Crippen LogP contribution in [0.25, 0.3) is 11.0 Å². The summed E-state index contributed by atoms with van der Waals surface area (Å²) in [6, 6.07) is 2.58. The first-order chi connectivity index (χ1) is 16.0. The predicted molar refractivity (Wildman–Crippen MR) is 128 cm³/mol. The molecule has 0 spiro atoms. The summed E-state index contributed by atoms with van der Waals surface area (Å²) in [5.74, 6) is 0.876. The van der Waals surface area contributed by atoms with Crippen molar-refractivity contribution >= 4 is 28.6 Å². The normalized spacial score (nSPS) is 18.1. The van der Waals surface area contributed by atoms with Crippen LogP contribution in [0.15, 0.2) is 23.3 Å². The molecule has 172 valence electrons. The number of nitrogens with zero attached hydrogens (tertiary/aromatic N) is 4. The van der Waals surface area contributed by atoms with Crippen molar-refractivity contribution in [2.75, 3.05) is 11.9 Å². The molecular formula is C25H30N6O2. The van der Waals surface area contributed by atoms with E-state index in [4.69, 9.17) is 4.98 Å². The van der Waals surface area contributed by atoms with Crippen LogP contribution in [-0.2, 0) is 12.8 Å². The molecule has 3 aromatic heterocycles. The summed E-state index contributed by atoms with van der Waals surface area (Å²) in [7, 11) is 0. The molecule has 0 amide bonds. The summed E-state index contributed by atoms with van der Waals surface area (Å²) in [6.45, 7) is 6.33. The lowest BCUT2D eigenvalue weighted by Crippen LogP contribution is -2.30. The number of Topliss-reactive ketones (excluding diaryl/α,β-unsaturated/α-hetero) is 1. The third-order valence-electron chi connectivity index (χ3n) is 7.00. The van der Waals surface area contributed by atoms with Gasteiger partial charge in [-0.2, -0.15) is 4.98 Å². The molecule has 8 heteroatoms. The molecule has 0 saturated heterocycles. The Morgan fingerprint density at radius 2 is 1.91 bits per heavy atom. The molecule has 2 N–H and O–H groups in total. The van der Waals surface area contributed by atoms with E-state index in [0.717, 1.165) is 50.5 Å². The number of carbonyl (C=O) groups is 1. The van der Waals surface area contributed by atoms with Crippen molar-refractivity contribution in [3.05, 3.63) is 51.1 Å². The standard InChI is InChI=1S/C25H30N6O2/c1-4-26-18-9-16-11-21(27-12-17(16)10-18)29-25-28-13-20-14(2)22(15(3)32)24(33)31(23(20)30-25)19-7-5-6-8-19/h11-13,18-19,26H,4-10H2,1-3H3,(H,27,28,29,30). The molecule has 0 aliphatic heterocycles. The Labute approximate surface area is 192 Å². The number of anilines is 2. The van der Waals surface area contributed by atoms with E-state index < -0.39 is 0 Å². The Balaban J connectivity index is 1.54. The van der Waals surface area contributed by atoms with E-state index in [1.54, 1.807) is 17.7 Å². The minimum absolute atomic E-state index is 0.0579. The molecule has 1 atom stereocenters. The van der Waals surface area contributed by atoms with Gasteiger partial charge >= 0.3 is 0 Å². The van der Waals surface area contributed by atoms with Crippen LogP contribution in [0.3, 0.4) is 0 Å². The van der Waals surface area contributed by atoms with E-state index in [-0.39, 0.29) is 22.9 Å². The maximum Gasteiger partial charge on any atom is 0.263 e. The van der Waals surface area contributed by atoms with Gasteiger partial charge in [-0.1, -0.05) is 19.8 Å². The number of rotatable bonds is 6. The number of aromatic nitrogens is 4.